The monoisotopic (exact) mass is 346 g/mol. The molecule has 1 aliphatic carbocycles. The van der Waals surface area contributed by atoms with Crippen LogP contribution < -0.4 is 4.90 Å². The summed E-state index contributed by atoms with van der Waals surface area (Å²) in [6.07, 6.45) is 7.08. The highest BCUT2D eigenvalue weighted by Crippen LogP contribution is 2.44. The van der Waals surface area contributed by atoms with E-state index in [1.54, 1.807) is 0 Å². The van der Waals surface area contributed by atoms with Crippen LogP contribution in [0.25, 0.3) is 0 Å². The minimum atomic E-state index is -0.858. The van der Waals surface area contributed by atoms with Crippen LogP contribution in [0.15, 0.2) is 18.3 Å². The van der Waals surface area contributed by atoms with Crippen molar-refractivity contribution in [3.63, 3.8) is 0 Å². The molecule has 2 aliphatic heterocycles. The molecule has 0 radical (unpaired) electrons. The zero-order valence-electron chi connectivity index (χ0n) is 15.5. The van der Waals surface area contributed by atoms with Crippen molar-refractivity contribution in [3.8, 4) is 0 Å². The largest absolute Gasteiger partial charge is 0.384 e. The molecule has 138 valence electrons. The molecule has 1 saturated carbocycles. The van der Waals surface area contributed by atoms with E-state index in [9.17, 15) is 5.11 Å². The molecule has 1 aromatic rings. The van der Waals surface area contributed by atoms with Crippen LogP contribution in [0.1, 0.15) is 58.1 Å². The van der Waals surface area contributed by atoms with Crippen LogP contribution in [0.3, 0.4) is 0 Å². The van der Waals surface area contributed by atoms with Gasteiger partial charge < -0.3 is 19.5 Å². The fourth-order valence-corrected chi connectivity index (χ4v) is 4.30. The maximum Gasteiger partial charge on any atom is 0.168 e. The number of piperidine rings is 1. The molecule has 1 aromatic heterocycles. The van der Waals surface area contributed by atoms with Crippen molar-refractivity contribution in [1.82, 2.24) is 4.98 Å². The highest BCUT2D eigenvalue weighted by molar-refractivity contribution is 5.45. The number of hydrogen-bond acceptors (Lipinski definition) is 5. The summed E-state index contributed by atoms with van der Waals surface area (Å²) < 4.78 is 11.5. The van der Waals surface area contributed by atoms with Crippen molar-refractivity contribution in [2.45, 2.75) is 63.8 Å². The first kappa shape index (κ1) is 17.3. The molecule has 0 aromatic carbocycles. The molecule has 1 spiro atoms. The van der Waals surface area contributed by atoms with Crippen LogP contribution in [0.4, 0.5) is 5.69 Å². The van der Waals surface area contributed by atoms with E-state index >= 15 is 0 Å². The van der Waals surface area contributed by atoms with Crippen molar-refractivity contribution in [2.75, 3.05) is 31.2 Å². The van der Waals surface area contributed by atoms with Gasteiger partial charge in [0.05, 0.1) is 30.8 Å². The first-order chi connectivity index (χ1) is 11.9. The zero-order valence-corrected chi connectivity index (χ0v) is 15.5. The lowest BCUT2D eigenvalue weighted by Crippen LogP contribution is -2.42. The van der Waals surface area contributed by atoms with E-state index in [2.05, 4.69) is 29.8 Å². The van der Waals surface area contributed by atoms with Gasteiger partial charge in [-0.05, 0) is 43.2 Å². The van der Waals surface area contributed by atoms with E-state index in [1.165, 1.54) is 12.8 Å². The minimum absolute atomic E-state index is 0.446. The van der Waals surface area contributed by atoms with Crippen LogP contribution in [0.2, 0.25) is 0 Å². The number of nitrogens with zero attached hydrogens (tertiary/aromatic N) is 2. The summed E-state index contributed by atoms with van der Waals surface area (Å²) in [6, 6.07) is 4.12. The number of rotatable bonds is 2. The molecule has 0 unspecified atom stereocenters. The first-order valence-electron chi connectivity index (χ1n) is 9.62. The normalized spacial score (nSPS) is 27.6. The lowest BCUT2D eigenvalue weighted by atomic mass is 9.79. The molecule has 1 N–H and O–H groups in total. The molecule has 5 heteroatoms. The molecule has 3 fully saturated rings. The minimum Gasteiger partial charge on any atom is -0.384 e. The summed E-state index contributed by atoms with van der Waals surface area (Å²) >= 11 is 0. The Balaban J connectivity index is 1.42. The maximum absolute atomic E-state index is 11.1. The van der Waals surface area contributed by atoms with Crippen LogP contribution in [-0.2, 0) is 15.1 Å². The number of ether oxygens (including phenoxy) is 2. The Labute approximate surface area is 150 Å². The number of hydrogen-bond donors (Lipinski definition) is 1. The van der Waals surface area contributed by atoms with Gasteiger partial charge in [-0.1, -0.05) is 13.8 Å². The van der Waals surface area contributed by atoms with Crippen molar-refractivity contribution in [3.05, 3.63) is 24.0 Å². The molecule has 3 heterocycles. The molecule has 3 aliphatic rings. The Hall–Kier alpha value is -1.17. The van der Waals surface area contributed by atoms with Gasteiger partial charge in [-0.15, -0.1) is 0 Å². The summed E-state index contributed by atoms with van der Waals surface area (Å²) in [5.41, 5.74) is 1.53. The third-order valence-corrected chi connectivity index (χ3v) is 6.36. The second kappa shape index (κ2) is 6.22. The van der Waals surface area contributed by atoms with E-state index in [4.69, 9.17) is 9.47 Å². The Kier molecular flexibility index (Phi) is 4.29. The van der Waals surface area contributed by atoms with E-state index in [1.807, 2.05) is 12.3 Å². The third kappa shape index (κ3) is 3.42. The second-order valence-corrected chi connectivity index (χ2v) is 8.69. The summed E-state index contributed by atoms with van der Waals surface area (Å²) in [5, 5.41) is 11.1. The van der Waals surface area contributed by atoms with Gasteiger partial charge in [0.15, 0.2) is 5.79 Å². The molecule has 4 rings (SSSR count). The Morgan fingerprint density at radius 2 is 1.60 bits per heavy atom. The van der Waals surface area contributed by atoms with Crippen LogP contribution in [0, 0.1) is 5.41 Å². The second-order valence-electron chi connectivity index (χ2n) is 8.69. The fraction of sp³-hybridized carbons (Fsp3) is 0.750. The average molecular weight is 346 g/mol. The van der Waals surface area contributed by atoms with Crippen LogP contribution in [-0.4, -0.2) is 42.2 Å². The molecule has 2 saturated heterocycles. The van der Waals surface area contributed by atoms with E-state index in [0.717, 1.165) is 37.3 Å². The molecule has 0 bridgehead atoms. The highest BCUT2D eigenvalue weighted by Gasteiger charge is 2.46. The number of pyridine rings is 1. The fourth-order valence-electron chi connectivity index (χ4n) is 4.30. The Morgan fingerprint density at radius 1 is 0.960 bits per heavy atom. The standard InChI is InChI=1S/C20H30N2O3/c1-18(2)9-11-22(12-10-18)16-3-4-17(21-15-16)19(23)5-7-20(8-6-19)24-13-14-25-20/h3-4,15,23H,5-14H2,1-2H3. The summed E-state index contributed by atoms with van der Waals surface area (Å²) in [7, 11) is 0. The Bertz CT molecular complexity index is 588. The van der Waals surface area contributed by atoms with Gasteiger partial charge in [0, 0.05) is 25.9 Å². The lowest BCUT2D eigenvalue weighted by molar-refractivity contribution is -0.204. The van der Waals surface area contributed by atoms with E-state index in [0.29, 0.717) is 31.5 Å². The van der Waals surface area contributed by atoms with Crippen LogP contribution in [0.5, 0.6) is 0 Å². The van der Waals surface area contributed by atoms with Gasteiger partial charge in [-0.2, -0.15) is 0 Å². The van der Waals surface area contributed by atoms with Gasteiger partial charge in [0.2, 0.25) is 0 Å². The number of aliphatic hydroxyl groups is 1. The number of aromatic nitrogens is 1. The molecular weight excluding hydrogens is 316 g/mol. The molecule has 0 amide bonds. The molecular formula is C20H30N2O3. The smallest absolute Gasteiger partial charge is 0.168 e. The maximum atomic E-state index is 11.1. The first-order valence-corrected chi connectivity index (χ1v) is 9.62. The van der Waals surface area contributed by atoms with Crippen LogP contribution >= 0.6 is 0 Å². The van der Waals surface area contributed by atoms with Gasteiger partial charge in [0.25, 0.3) is 0 Å². The molecule has 25 heavy (non-hydrogen) atoms. The van der Waals surface area contributed by atoms with E-state index < -0.39 is 11.4 Å². The lowest BCUT2D eigenvalue weighted by Gasteiger charge is -2.40. The van der Waals surface area contributed by atoms with Crippen molar-refractivity contribution >= 4 is 5.69 Å². The van der Waals surface area contributed by atoms with Gasteiger partial charge in [0.1, 0.15) is 5.60 Å². The van der Waals surface area contributed by atoms with Gasteiger partial charge >= 0.3 is 0 Å². The van der Waals surface area contributed by atoms with Crippen molar-refractivity contribution < 1.29 is 14.6 Å². The summed E-state index contributed by atoms with van der Waals surface area (Å²) in [5.74, 6) is -0.452. The zero-order chi connectivity index (χ0) is 17.5. The van der Waals surface area contributed by atoms with Gasteiger partial charge in [-0.3, -0.25) is 4.98 Å². The number of anilines is 1. The predicted octanol–water partition coefficient (Wildman–Crippen LogP) is 3.21. The highest BCUT2D eigenvalue weighted by atomic mass is 16.7. The summed E-state index contributed by atoms with van der Waals surface area (Å²) in [4.78, 5) is 7.03. The molecule has 0 atom stereocenters. The Morgan fingerprint density at radius 3 is 2.16 bits per heavy atom. The topological polar surface area (TPSA) is 54.8 Å². The quantitative estimate of drug-likeness (QED) is 0.891. The third-order valence-electron chi connectivity index (χ3n) is 6.36. The summed E-state index contributed by atoms with van der Waals surface area (Å²) in [6.45, 7) is 8.17. The van der Waals surface area contributed by atoms with E-state index in [-0.39, 0.29) is 0 Å². The molecule has 5 nitrogen and oxygen atoms in total. The predicted molar refractivity (Wildman–Crippen MR) is 96.5 cm³/mol. The average Bonchev–Trinajstić information content (AvgIpc) is 3.07. The van der Waals surface area contributed by atoms with Crippen molar-refractivity contribution in [2.24, 2.45) is 5.41 Å². The van der Waals surface area contributed by atoms with Gasteiger partial charge in [-0.25, -0.2) is 0 Å². The SMILES string of the molecule is CC1(C)CCN(c2ccc(C3(O)CCC4(CC3)OCCO4)nc2)CC1. The van der Waals surface area contributed by atoms with Crippen molar-refractivity contribution in [1.29, 1.82) is 0 Å².